The van der Waals surface area contributed by atoms with Gasteiger partial charge in [-0.25, -0.2) is 4.79 Å². The lowest BCUT2D eigenvalue weighted by Crippen LogP contribution is -2.57. The third-order valence-electron chi connectivity index (χ3n) is 6.93. The highest BCUT2D eigenvalue weighted by Crippen LogP contribution is 2.43. The second-order valence-electron chi connectivity index (χ2n) is 10.7. The zero-order chi connectivity index (χ0) is 37.3. The van der Waals surface area contributed by atoms with E-state index in [0.717, 1.165) is 51.6 Å². The van der Waals surface area contributed by atoms with Crippen molar-refractivity contribution in [1.82, 2.24) is 10.4 Å². The van der Waals surface area contributed by atoms with Crippen molar-refractivity contribution in [1.29, 1.82) is 0 Å². The first-order valence-electron chi connectivity index (χ1n) is 16.6. The normalized spacial score (nSPS) is 15.3. The fourth-order valence-electron chi connectivity index (χ4n) is 4.48. The SMILES string of the molecule is C=C.CC.CC.CCC.CNOC=O.COc1cc(N2C=C(C(C)N)[C@](C)(c3ccc(CCC(C)C)c(Cl)c3)N(C)C2=O)ccc1C. The van der Waals surface area contributed by atoms with Crippen LogP contribution in [0.1, 0.15) is 98.8 Å². The number of likely N-dealkylation sites (N-methyl/N-ethyl adjacent to an activating group) is 1. The molecule has 2 amide bonds. The molecule has 0 aromatic heterocycles. The molecule has 0 aliphatic carbocycles. The maximum absolute atomic E-state index is 13.6. The molecule has 0 spiro atoms. The van der Waals surface area contributed by atoms with Gasteiger partial charge >= 0.3 is 12.5 Å². The average Bonchev–Trinajstić information content (AvgIpc) is 3.07. The number of hydroxylamine groups is 1. The lowest BCUT2D eigenvalue weighted by atomic mass is 9.78. The molecule has 268 valence electrons. The first kappa shape index (κ1) is 48.1. The van der Waals surface area contributed by atoms with Crippen LogP contribution in [0.2, 0.25) is 5.02 Å². The third kappa shape index (κ3) is 14.5. The molecule has 3 N–H and O–H groups in total. The Bertz CT molecular complexity index is 1190. The van der Waals surface area contributed by atoms with E-state index in [0.29, 0.717) is 12.4 Å². The zero-order valence-electron chi connectivity index (χ0n) is 31.8. The standard InChI is InChI=1S/C27H36ClN3O2.C3H8.C2H5NO2.2C2H6.C2H4/c1-17(2)8-10-20-11-12-21(14-24(20)28)27(5)23(19(4)29)16-31(26(32)30(27)6)22-13-9-18(3)25(15-22)33-7;1-3-2;1-3-5-2-4;3*1-2/h9,11-17,19H,8,10,29H2,1-7H3;3H2,1-2H3;2-3H,1H3;2*1-2H3;1-2H2/t19?,27-;;;;;/m0...../s1. The molecule has 8 nitrogen and oxygen atoms in total. The van der Waals surface area contributed by atoms with E-state index in [2.05, 4.69) is 63.3 Å². The minimum atomic E-state index is -0.725. The molecule has 2 aromatic carbocycles. The Kier molecular flexibility index (Phi) is 27.3. The summed E-state index contributed by atoms with van der Waals surface area (Å²) in [5, 5.41) is 0.727. The zero-order valence-corrected chi connectivity index (χ0v) is 32.5. The van der Waals surface area contributed by atoms with Crippen molar-refractivity contribution in [3.63, 3.8) is 0 Å². The molecule has 0 radical (unpaired) electrons. The maximum atomic E-state index is 13.6. The molecule has 47 heavy (non-hydrogen) atoms. The molecule has 1 aliphatic heterocycles. The predicted molar refractivity (Wildman–Crippen MR) is 203 cm³/mol. The van der Waals surface area contributed by atoms with Crippen molar-refractivity contribution >= 4 is 29.8 Å². The van der Waals surface area contributed by atoms with Crippen molar-refractivity contribution in [3.05, 3.63) is 83.0 Å². The first-order chi connectivity index (χ1) is 22.3. The number of anilines is 1. The lowest BCUT2D eigenvalue weighted by molar-refractivity contribution is -0.134. The van der Waals surface area contributed by atoms with Crippen molar-refractivity contribution in [2.24, 2.45) is 11.7 Å². The molecule has 2 aromatic rings. The van der Waals surface area contributed by atoms with Crippen LogP contribution in [0.15, 0.2) is 61.3 Å². The number of methoxy groups -OCH3 is 1. The average molecular weight is 677 g/mol. The summed E-state index contributed by atoms with van der Waals surface area (Å²) in [6, 6.07) is 11.5. The quantitative estimate of drug-likeness (QED) is 0.156. The minimum absolute atomic E-state index is 0.146. The van der Waals surface area contributed by atoms with Gasteiger partial charge in [0.1, 0.15) is 5.75 Å². The van der Waals surface area contributed by atoms with Gasteiger partial charge in [-0.2, -0.15) is 5.48 Å². The molecular weight excluding hydrogens is 612 g/mol. The van der Waals surface area contributed by atoms with Crippen LogP contribution in [-0.4, -0.2) is 44.7 Å². The van der Waals surface area contributed by atoms with E-state index >= 15 is 0 Å². The summed E-state index contributed by atoms with van der Waals surface area (Å²) in [5.74, 6) is 1.34. The Morgan fingerprint density at radius 2 is 1.62 bits per heavy atom. The molecule has 1 heterocycles. The molecule has 0 saturated carbocycles. The van der Waals surface area contributed by atoms with E-state index in [9.17, 15) is 4.79 Å². The molecule has 3 rings (SSSR count). The van der Waals surface area contributed by atoms with E-state index < -0.39 is 5.54 Å². The molecule has 9 heteroatoms. The van der Waals surface area contributed by atoms with Crippen LogP contribution in [0, 0.1) is 12.8 Å². The van der Waals surface area contributed by atoms with Crippen LogP contribution < -0.4 is 20.9 Å². The summed E-state index contributed by atoms with van der Waals surface area (Å²) in [5.41, 5.74) is 12.6. The second kappa shape index (κ2) is 26.7. The van der Waals surface area contributed by atoms with Crippen LogP contribution in [-0.2, 0) is 21.6 Å². The van der Waals surface area contributed by atoms with Gasteiger partial charge in [0.25, 0.3) is 0 Å². The van der Waals surface area contributed by atoms with E-state index in [1.807, 2.05) is 86.0 Å². The summed E-state index contributed by atoms with van der Waals surface area (Å²) in [7, 11) is 4.95. The molecular formula is C38H65ClN4O4. The van der Waals surface area contributed by atoms with Crippen molar-refractivity contribution in [2.75, 3.05) is 26.1 Å². The fraction of sp³-hybridized carbons (Fsp3) is 0.526. The van der Waals surface area contributed by atoms with Gasteiger partial charge in [0, 0.05) is 37.4 Å². The molecule has 0 saturated heterocycles. The summed E-state index contributed by atoms with van der Waals surface area (Å²) in [6.45, 7) is 28.9. The van der Waals surface area contributed by atoms with E-state index in [4.69, 9.17) is 26.9 Å². The van der Waals surface area contributed by atoms with E-state index in [-0.39, 0.29) is 12.1 Å². The van der Waals surface area contributed by atoms with Gasteiger partial charge in [-0.1, -0.05) is 91.6 Å². The van der Waals surface area contributed by atoms with E-state index in [1.165, 1.54) is 13.5 Å². The largest absolute Gasteiger partial charge is 0.496 e. The van der Waals surface area contributed by atoms with E-state index in [1.54, 1.807) is 16.9 Å². The number of nitrogens with one attached hydrogen (secondary N) is 1. The second-order valence-corrected chi connectivity index (χ2v) is 11.1. The van der Waals surface area contributed by atoms with Gasteiger partial charge in [0.05, 0.1) is 18.3 Å². The van der Waals surface area contributed by atoms with Crippen LogP contribution in [0.4, 0.5) is 10.5 Å². The molecule has 1 aliphatic rings. The molecule has 2 atom stereocenters. The first-order valence-corrected chi connectivity index (χ1v) is 17.0. The highest BCUT2D eigenvalue weighted by atomic mass is 35.5. The number of halogens is 1. The Balaban J connectivity index is -0.00000119. The Labute approximate surface area is 292 Å². The van der Waals surface area contributed by atoms with Gasteiger partial charge in [0.2, 0.25) is 0 Å². The van der Waals surface area contributed by atoms with Gasteiger partial charge in [-0.05, 0) is 73.9 Å². The monoisotopic (exact) mass is 676 g/mol. The summed E-state index contributed by atoms with van der Waals surface area (Å²) >= 11 is 6.70. The predicted octanol–water partition coefficient (Wildman–Crippen LogP) is 9.83. The Hall–Kier alpha value is -3.33. The number of amides is 2. The number of hydrogen-bond acceptors (Lipinski definition) is 6. The Morgan fingerprint density at radius 1 is 1.06 bits per heavy atom. The summed E-state index contributed by atoms with van der Waals surface area (Å²) < 4.78 is 5.47. The fourth-order valence-corrected chi connectivity index (χ4v) is 4.75. The van der Waals surface area contributed by atoms with Crippen molar-refractivity contribution < 1.29 is 19.2 Å². The van der Waals surface area contributed by atoms with Crippen molar-refractivity contribution in [2.45, 2.75) is 107 Å². The molecule has 0 bridgehead atoms. The lowest BCUT2D eigenvalue weighted by Gasteiger charge is -2.48. The number of benzene rings is 2. The summed E-state index contributed by atoms with van der Waals surface area (Å²) in [4.78, 5) is 30.0. The Morgan fingerprint density at radius 3 is 2.02 bits per heavy atom. The van der Waals surface area contributed by atoms with Crippen LogP contribution >= 0.6 is 11.6 Å². The maximum Gasteiger partial charge on any atom is 0.329 e. The number of nitrogens with zero attached hydrogens (tertiary/aromatic N) is 2. The van der Waals surface area contributed by atoms with Crippen LogP contribution in [0.25, 0.3) is 0 Å². The van der Waals surface area contributed by atoms with Crippen LogP contribution in [0.3, 0.4) is 0 Å². The highest BCUT2D eigenvalue weighted by Gasteiger charge is 2.45. The minimum Gasteiger partial charge on any atom is -0.496 e. The number of urea groups is 1. The smallest absolute Gasteiger partial charge is 0.329 e. The summed E-state index contributed by atoms with van der Waals surface area (Å²) in [6.07, 6.45) is 5.13. The number of ether oxygens (including phenoxy) is 1. The number of nitrogens with two attached hydrogens (primary N) is 1. The van der Waals surface area contributed by atoms with Crippen molar-refractivity contribution in [3.8, 4) is 5.75 Å². The number of carbonyl (C=O) groups is 2. The number of aryl methyl sites for hydroxylation is 2. The van der Waals surface area contributed by atoms with Gasteiger partial charge in [-0.15, -0.1) is 13.2 Å². The van der Waals surface area contributed by atoms with Gasteiger partial charge in [-0.3, -0.25) is 9.69 Å². The number of rotatable bonds is 9. The van der Waals surface area contributed by atoms with Gasteiger partial charge in [0.15, 0.2) is 0 Å². The highest BCUT2D eigenvalue weighted by molar-refractivity contribution is 6.31. The third-order valence-corrected chi connectivity index (χ3v) is 7.28. The molecule has 1 unspecified atom stereocenters. The topological polar surface area (TPSA) is 97.1 Å². The van der Waals surface area contributed by atoms with Crippen LogP contribution in [0.5, 0.6) is 5.75 Å². The number of hydrogen-bond donors (Lipinski definition) is 2. The van der Waals surface area contributed by atoms with Gasteiger partial charge < -0.3 is 20.2 Å². The number of carbonyl (C=O) groups excluding carboxylic acids is 2. The molecule has 0 fully saturated rings.